The number of nitrogens with one attached hydrogen (secondary N) is 1. The first-order valence-electron chi connectivity index (χ1n) is 8.58. The lowest BCUT2D eigenvalue weighted by atomic mass is 9.85. The van der Waals surface area contributed by atoms with Crippen LogP contribution in [0.25, 0.3) is 0 Å². The molecule has 1 aliphatic rings. The zero-order chi connectivity index (χ0) is 15.9. The molecular formula is C17H34N2O2. The number of nitrogens with zero attached hydrogens (tertiary/aromatic N) is 1. The number of hydrogen-bond acceptors (Lipinski definition) is 4. The summed E-state index contributed by atoms with van der Waals surface area (Å²) in [6.45, 7) is 13.8. The van der Waals surface area contributed by atoms with Gasteiger partial charge in [0.25, 0.3) is 0 Å². The van der Waals surface area contributed by atoms with Crippen LogP contribution in [0.4, 0.5) is 0 Å². The highest BCUT2D eigenvalue weighted by atomic mass is 16.5. The van der Waals surface area contributed by atoms with Crippen molar-refractivity contribution in [3.63, 3.8) is 0 Å². The van der Waals surface area contributed by atoms with Crippen LogP contribution in [0.2, 0.25) is 0 Å². The standard InChI is InChI=1S/C17H34N2O2/c1-6-19(13-15-9-8-10-15)12-11-17(5,18-14(3)4)16(20)21-7-2/h14-15,18H,6-13H2,1-5H3. The van der Waals surface area contributed by atoms with Gasteiger partial charge in [-0.15, -0.1) is 0 Å². The molecule has 0 aromatic carbocycles. The van der Waals surface area contributed by atoms with Gasteiger partial charge in [0.05, 0.1) is 6.61 Å². The molecule has 1 atom stereocenters. The summed E-state index contributed by atoms with van der Waals surface area (Å²) >= 11 is 0. The molecule has 0 radical (unpaired) electrons. The van der Waals surface area contributed by atoms with Crippen LogP contribution in [0.3, 0.4) is 0 Å². The third-order valence-corrected chi connectivity index (χ3v) is 4.45. The van der Waals surface area contributed by atoms with Gasteiger partial charge in [-0.25, -0.2) is 0 Å². The third-order valence-electron chi connectivity index (χ3n) is 4.45. The first-order chi connectivity index (χ1) is 9.91. The zero-order valence-electron chi connectivity index (χ0n) is 14.6. The number of esters is 1. The lowest BCUT2D eigenvalue weighted by molar-refractivity contribution is -0.151. The molecule has 0 heterocycles. The van der Waals surface area contributed by atoms with Gasteiger partial charge in [-0.1, -0.05) is 13.3 Å². The van der Waals surface area contributed by atoms with Gasteiger partial charge in [0.15, 0.2) is 0 Å². The van der Waals surface area contributed by atoms with Gasteiger partial charge in [-0.2, -0.15) is 0 Å². The van der Waals surface area contributed by atoms with Crippen molar-refractivity contribution in [1.29, 1.82) is 0 Å². The molecule has 0 aromatic rings. The maximum atomic E-state index is 12.3. The Morgan fingerprint density at radius 3 is 2.48 bits per heavy atom. The van der Waals surface area contributed by atoms with E-state index in [2.05, 4.69) is 31.0 Å². The summed E-state index contributed by atoms with van der Waals surface area (Å²) in [5, 5.41) is 3.40. The van der Waals surface area contributed by atoms with Gasteiger partial charge in [0, 0.05) is 19.1 Å². The summed E-state index contributed by atoms with van der Waals surface area (Å²) in [5.41, 5.74) is -0.586. The van der Waals surface area contributed by atoms with Crippen LogP contribution in [0.15, 0.2) is 0 Å². The van der Waals surface area contributed by atoms with Crippen molar-refractivity contribution >= 4 is 5.97 Å². The molecule has 1 N–H and O–H groups in total. The maximum Gasteiger partial charge on any atom is 0.326 e. The Morgan fingerprint density at radius 2 is 2.05 bits per heavy atom. The predicted octanol–water partition coefficient (Wildman–Crippen LogP) is 2.82. The second kappa shape index (κ2) is 8.74. The number of rotatable bonds is 10. The van der Waals surface area contributed by atoms with Crippen LogP contribution >= 0.6 is 0 Å². The van der Waals surface area contributed by atoms with Crippen molar-refractivity contribution in [1.82, 2.24) is 10.2 Å². The smallest absolute Gasteiger partial charge is 0.326 e. The molecule has 124 valence electrons. The van der Waals surface area contributed by atoms with Crippen LogP contribution in [0.1, 0.15) is 60.3 Å². The van der Waals surface area contributed by atoms with Crippen molar-refractivity contribution < 1.29 is 9.53 Å². The predicted molar refractivity (Wildman–Crippen MR) is 87.4 cm³/mol. The number of ether oxygens (including phenoxy) is 1. The van der Waals surface area contributed by atoms with Crippen LogP contribution < -0.4 is 5.32 Å². The average Bonchev–Trinajstić information content (AvgIpc) is 2.36. The normalized spacial score (nSPS) is 18.6. The lowest BCUT2D eigenvalue weighted by Gasteiger charge is -2.35. The highest BCUT2D eigenvalue weighted by Crippen LogP contribution is 2.27. The topological polar surface area (TPSA) is 41.6 Å². The van der Waals surface area contributed by atoms with Gasteiger partial charge in [0.2, 0.25) is 0 Å². The van der Waals surface area contributed by atoms with E-state index in [1.54, 1.807) is 0 Å². The Balaban J connectivity index is 2.55. The minimum Gasteiger partial charge on any atom is -0.465 e. The van der Waals surface area contributed by atoms with Gasteiger partial charge in [0.1, 0.15) is 5.54 Å². The van der Waals surface area contributed by atoms with E-state index in [0.29, 0.717) is 6.61 Å². The van der Waals surface area contributed by atoms with Crippen LogP contribution in [0.5, 0.6) is 0 Å². The summed E-state index contributed by atoms with van der Waals surface area (Å²) in [4.78, 5) is 14.8. The summed E-state index contributed by atoms with van der Waals surface area (Å²) in [5.74, 6) is 0.746. The van der Waals surface area contributed by atoms with E-state index in [4.69, 9.17) is 4.74 Å². The molecular weight excluding hydrogens is 264 g/mol. The van der Waals surface area contributed by atoms with Crippen LogP contribution in [0, 0.1) is 5.92 Å². The van der Waals surface area contributed by atoms with Gasteiger partial charge < -0.3 is 9.64 Å². The molecule has 21 heavy (non-hydrogen) atoms. The highest BCUT2D eigenvalue weighted by molar-refractivity contribution is 5.80. The lowest BCUT2D eigenvalue weighted by Crippen LogP contribution is -2.54. The monoisotopic (exact) mass is 298 g/mol. The van der Waals surface area contributed by atoms with Crippen molar-refractivity contribution in [2.75, 3.05) is 26.2 Å². The van der Waals surface area contributed by atoms with Gasteiger partial charge in [-0.3, -0.25) is 10.1 Å². The van der Waals surface area contributed by atoms with Crippen molar-refractivity contribution in [3.8, 4) is 0 Å². The molecule has 4 nitrogen and oxygen atoms in total. The van der Waals surface area contributed by atoms with Gasteiger partial charge in [-0.05, 0) is 59.4 Å². The van der Waals surface area contributed by atoms with E-state index in [9.17, 15) is 4.79 Å². The number of carbonyl (C=O) groups is 1. The summed E-state index contributed by atoms with van der Waals surface area (Å²) in [6.07, 6.45) is 4.92. The molecule has 0 bridgehead atoms. The molecule has 0 aliphatic heterocycles. The van der Waals surface area contributed by atoms with Crippen molar-refractivity contribution in [2.45, 2.75) is 71.9 Å². The summed E-state index contributed by atoms with van der Waals surface area (Å²) in [6, 6.07) is 0.265. The largest absolute Gasteiger partial charge is 0.465 e. The zero-order valence-corrected chi connectivity index (χ0v) is 14.6. The van der Waals surface area contributed by atoms with E-state index in [1.165, 1.54) is 25.8 Å². The van der Waals surface area contributed by atoms with E-state index in [-0.39, 0.29) is 12.0 Å². The minimum atomic E-state index is -0.586. The van der Waals surface area contributed by atoms with Crippen molar-refractivity contribution in [3.05, 3.63) is 0 Å². The fourth-order valence-corrected chi connectivity index (χ4v) is 2.96. The SMILES string of the molecule is CCOC(=O)C(C)(CCN(CC)CC1CCC1)NC(C)C. The number of hydrogen-bond donors (Lipinski definition) is 1. The van der Waals surface area contributed by atoms with Crippen LogP contribution in [-0.2, 0) is 9.53 Å². The Morgan fingerprint density at radius 1 is 1.38 bits per heavy atom. The molecule has 0 amide bonds. The Bertz CT molecular complexity index is 316. The first-order valence-corrected chi connectivity index (χ1v) is 8.58. The number of carbonyl (C=O) groups excluding carboxylic acids is 1. The fourth-order valence-electron chi connectivity index (χ4n) is 2.96. The molecule has 1 aliphatic carbocycles. The van der Waals surface area contributed by atoms with Crippen molar-refractivity contribution in [2.24, 2.45) is 5.92 Å². The van der Waals surface area contributed by atoms with E-state index < -0.39 is 5.54 Å². The minimum absolute atomic E-state index is 0.126. The van der Waals surface area contributed by atoms with Crippen LogP contribution in [-0.4, -0.2) is 48.7 Å². The highest BCUT2D eigenvalue weighted by Gasteiger charge is 2.35. The molecule has 0 saturated heterocycles. The van der Waals surface area contributed by atoms with E-state index >= 15 is 0 Å². The second-order valence-corrected chi connectivity index (χ2v) is 6.79. The molecule has 1 saturated carbocycles. The molecule has 1 unspecified atom stereocenters. The molecule has 1 rings (SSSR count). The third kappa shape index (κ3) is 5.95. The fraction of sp³-hybridized carbons (Fsp3) is 0.941. The average molecular weight is 298 g/mol. The first kappa shape index (κ1) is 18.4. The molecule has 4 heteroatoms. The van der Waals surface area contributed by atoms with E-state index in [0.717, 1.165) is 25.4 Å². The maximum absolute atomic E-state index is 12.3. The molecule has 1 fully saturated rings. The Kier molecular flexibility index (Phi) is 7.67. The molecule has 0 aromatic heterocycles. The van der Waals surface area contributed by atoms with E-state index in [1.807, 2.05) is 13.8 Å². The quantitative estimate of drug-likeness (QED) is 0.630. The summed E-state index contributed by atoms with van der Waals surface area (Å²) < 4.78 is 5.27. The molecule has 0 spiro atoms. The van der Waals surface area contributed by atoms with Gasteiger partial charge >= 0.3 is 5.97 Å². The Hall–Kier alpha value is -0.610. The Labute approximate surface area is 130 Å². The summed E-state index contributed by atoms with van der Waals surface area (Å²) in [7, 11) is 0. The second-order valence-electron chi connectivity index (χ2n) is 6.79.